The minimum absolute atomic E-state index is 0.103. The Labute approximate surface area is 309 Å². The van der Waals surface area contributed by atoms with Crippen LogP contribution in [0.4, 0.5) is 10.9 Å². The molecular weight excluding hydrogens is 697 g/mol. The molecule has 11 nitrogen and oxygen atoms in total. The summed E-state index contributed by atoms with van der Waals surface area (Å²) in [5.41, 5.74) is 3.95. The highest BCUT2D eigenvalue weighted by Crippen LogP contribution is 2.42. The van der Waals surface area contributed by atoms with Gasteiger partial charge in [0.25, 0.3) is 10.0 Å². The van der Waals surface area contributed by atoms with Crippen LogP contribution in [0.1, 0.15) is 89.9 Å². The normalized spacial score (nSPS) is 15.7. The Morgan fingerprint density at radius 1 is 1.00 bits per heavy atom. The van der Waals surface area contributed by atoms with E-state index in [0.717, 1.165) is 78.8 Å². The summed E-state index contributed by atoms with van der Waals surface area (Å²) < 4.78 is 41.8. The summed E-state index contributed by atoms with van der Waals surface area (Å²) in [6.07, 6.45) is 7.33. The fourth-order valence-corrected chi connectivity index (χ4v) is 8.60. The van der Waals surface area contributed by atoms with Gasteiger partial charge in [0, 0.05) is 24.6 Å². The third kappa shape index (κ3) is 9.48. The van der Waals surface area contributed by atoms with Gasteiger partial charge in [-0.2, -0.15) is 8.42 Å². The molecule has 2 aromatic carbocycles. The second-order valence-electron chi connectivity index (χ2n) is 14.6. The number of pyridine rings is 1. The monoisotopic (exact) mass is 744 g/mol. The van der Waals surface area contributed by atoms with Crippen molar-refractivity contribution in [2.24, 2.45) is 5.41 Å². The third-order valence-corrected chi connectivity index (χ3v) is 11.6. The van der Waals surface area contributed by atoms with Gasteiger partial charge in [-0.15, -0.1) is 0 Å². The predicted octanol–water partition coefficient (Wildman–Crippen LogP) is 8.67. The van der Waals surface area contributed by atoms with E-state index in [-0.39, 0.29) is 21.5 Å². The van der Waals surface area contributed by atoms with E-state index in [4.69, 9.17) is 14.2 Å². The van der Waals surface area contributed by atoms with Gasteiger partial charge in [0.15, 0.2) is 16.0 Å². The first-order valence-electron chi connectivity index (χ1n) is 18.1. The van der Waals surface area contributed by atoms with Gasteiger partial charge in [0.1, 0.15) is 11.6 Å². The Balaban J connectivity index is 1.37. The largest absolute Gasteiger partial charge is 0.494 e. The van der Waals surface area contributed by atoms with Crippen LogP contribution in [0, 0.1) is 5.41 Å². The average molecular weight is 745 g/mol. The Morgan fingerprint density at radius 3 is 2.60 bits per heavy atom. The number of anilines is 2. The number of aromatic amines is 1. The van der Waals surface area contributed by atoms with Gasteiger partial charge in [-0.1, -0.05) is 106 Å². The van der Waals surface area contributed by atoms with Crippen LogP contribution in [-0.2, 0) is 16.4 Å². The Hall–Kier alpha value is -4.49. The van der Waals surface area contributed by atoms with Crippen molar-refractivity contribution < 1.29 is 17.7 Å². The van der Waals surface area contributed by atoms with Gasteiger partial charge in [0.05, 0.1) is 17.2 Å². The van der Waals surface area contributed by atoms with Crippen molar-refractivity contribution >= 4 is 32.3 Å². The molecule has 6 rings (SSSR count). The van der Waals surface area contributed by atoms with E-state index < -0.39 is 15.8 Å². The first-order valence-corrected chi connectivity index (χ1v) is 20.4. The van der Waals surface area contributed by atoms with E-state index >= 15 is 0 Å². The number of nitrogens with zero attached hydrogens (tertiary/aromatic N) is 4. The number of rotatable bonds is 9. The molecule has 1 atom stereocenters. The maximum absolute atomic E-state index is 14.0. The number of ether oxygens (including phenoxy) is 1. The molecule has 0 radical (unpaired) electrons. The van der Waals surface area contributed by atoms with Gasteiger partial charge in [-0.05, 0) is 72.9 Å². The minimum Gasteiger partial charge on any atom is -0.494 e. The van der Waals surface area contributed by atoms with Crippen molar-refractivity contribution in [1.82, 2.24) is 20.1 Å². The Morgan fingerprint density at radius 2 is 1.81 bits per heavy atom. The first-order chi connectivity index (χ1) is 25.0. The van der Waals surface area contributed by atoms with Crippen molar-refractivity contribution in [2.45, 2.75) is 90.0 Å². The van der Waals surface area contributed by atoms with Gasteiger partial charge >= 0.3 is 5.76 Å². The van der Waals surface area contributed by atoms with Crippen LogP contribution in [0.5, 0.6) is 5.75 Å². The van der Waals surface area contributed by atoms with Gasteiger partial charge < -0.3 is 9.64 Å². The van der Waals surface area contributed by atoms with Crippen LogP contribution < -0.4 is 20.1 Å². The Bertz CT molecular complexity index is 2120. The third-order valence-electron chi connectivity index (χ3n) is 9.19. The van der Waals surface area contributed by atoms with Crippen molar-refractivity contribution in [3.8, 4) is 27.4 Å². The molecule has 13 heteroatoms. The molecule has 2 N–H and O–H groups in total. The van der Waals surface area contributed by atoms with Crippen molar-refractivity contribution in [3.05, 3.63) is 88.7 Å². The van der Waals surface area contributed by atoms with Crippen LogP contribution in [0.25, 0.3) is 21.7 Å². The Kier molecular flexibility index (Phi) is 11.8. The summed E-state index contributed by atoms with van der Waals surface area (Å²) in [5.74, 6) is 1.06. The molecule has 0 aliphatic carbocycles. The molecule has 1 aliphatic rings. The van der Waals surface area contributed by atoms with Gasteiger partial charge in [0.2, 0.25) is 0 Å². The van der Waals surface area contributed by atoms with Crippen molar-refractivity contribution in [2.75, 3.05) is 29.3 Å². The molecule has 0 saturated carbocycles. The van der Waals surface area contributed by atoms with Gasteiger partial charge in [-0.25, -0.2) is 14.8 Å². The molecule has 5 aromatic rings. The summed E-state index contributed by atoms with van der Waals surface area (Å²) in [5, 5.41) is 4.13. The topological polar surface area (TPSA) is 143 Å². The molecule has 276 valence electrons. The molecule has 0 spiro atoms. The molecule has 1 unspecified atom stereocenters. The lowest BCUT2D eigenvalue weighted by molar-refractivity contribution is 0.243. The number of nitrogens with one attached hydrogen (secondary N) is 2. The van der Waals surface area contributed by atoms with Crippen molar-refractivity contribution in [3.63, 3.8) is 0 Å². The van der Waals surface area contributed by atoms with E-state index in [1.54, 1.807) is 6.07 Å². The van der Waals surface area contributed by atoms with Crippen LogP contribution in [-0.4, -0.2) is 48.2 Å². The number of thiazole rings is 1. The number of benzene rings is 2. The molecular formula is C39H48N6O5S2. The van der Waals surface area contributed by atoms with E-state index in [2.05, 4.69) is 64.6 Å². The molecule has 1 aliphatic heterocycles. The van der Waals surface area contributed by atoms with Crippen LogP contribution in [0.2, 0.25) is 0 Å². The molecule has 0 saturated heterocycles. The predicted molar refractivity (Wildman–Crippen MR) is 207 cm³/mol. The number of hydrogen-bond acceptors (Lipinski definition) is 10. The highest BCUT2D eigenvalue weighted by Gasteiger charge is 2.26. The van der Waals surface area contributed by atoms with E-state index in [0.29, 0.717) is 31.3 Å². The summed E-state index contributed by atoms with van der Waals surface area (Å²) in [4.78, 5) is 27.1. The average Bonchev–Trinajstić information content (AvgIpc) is 3.74. The SMILES string of the molecule is CCCC(CN1CCCCCCc2ccccc2-c2nc(sc2-c2cccc(OCCC(C)(C)C)c2)NS(=O)(=O)c2cccc1n2)c1noc(=O)[nH]1. The number of aryl methyl sites for hydroxylation is 1. The number of fused-ring (bicyclic) bond motifs is 6. The second kappa shape index (κ2) is 16.5. The zero-order chi connectivity index (χ0) is 36.7. The smallest absolute Gasteiger partial charge is 0.438 e. The highest BCUT2D eigenvalue weighted by atomic mass is 32.2. The number of H-pyrrole nitrogens is 1. The van der Waals surface area contributed by atoms with Crippen molar-refractivity contribution in [1.29, 1.82) is 0 Å². The zero-order valence-corrected chi connectivity index (χ0v) is 32.0. The first kappa shape index (κ1) is 37.3. The standard InChI is InChI=1S/C39H48N6O5S2/c1-5-14-29(36-42-38(46)50-43-36)26-45-23-11-7-6-8-15-27-16-9-10-19-31(27)34-35(28-17-12-18-30(25-28)49-24-22-39(2,3)4)51-37(41-34)44-52(47,48)33-21-13-20-32(45)40-33/h9-10,12-13,16-21,25,29H,5-8,11,14-15,22-24,26H2,1-4H3,(H,41,44)(H,42,43,46). The lowest BCUT2D eigenvalue weighted by Gasteiger charge is -2.28. The fraction of sp³-hybridized carbons (Fsp3) is 0.436. The minimum atomic E-state index is -4.12. The lowest BCUT2D eigenvalue weighted by Crippen LogP contribution is -2.31. The molecule has 0 amide bonds. The molecule has 4 heterocycles. The maximum atomic E-state index is 14.0. The fourth-order valence-electron chi connectivity index (χ4n) is 6.43. The number of hydrogen-bond donors (Lipinski definition) is 2. The molecule has 52 heavy (non-hydrogen) atoms. The highest BCUT2D eigenvalue weighted by molar-refractivity contribution is 7.92. The lowest BCUT2D eigenvalue weighted by atomic mass is 9.93. The maximum Gasteiger partial charge on any atom is 0.438 e. The van der Waals surface area contributed by atoms with E-state index in [1.807, 2.05) is 42.5 Å². The van der Waals surface area contributed by atoms with Gasteiger partial charge in [-0.3, -0.25) is 14.2 Å². The van der Waals surface area contributed by atoms with E-state index in [9.17, 15) is 13.2 Å². The number of aromatic nitrogens is 4. The molecule has 4 bridgehead atoms. The van der Waals surface area contributed by atoms with Crippen LogP contribution in [0.3, 0.4) is 0 Å². The summed E-state index contributed by atoms with van der Waals surface area (Å²) >= 11 is 1.30. The quantitative estimate of drug-likeness (QED) is 0.152. The zero-order valence-electron chi connectivity index (χ0n) is 30.4. The molecule has 0 fully saturated rings. The second-order valence-corrected chi connectivity index (χ2v) is 17.2. The van der Waals surface area contributed by atoms with Crippen LogP contribution in [0.15, 0.2) is 81.1 Å². The van der Waals surface area contributed by atoms with Crippen LogP contribution >= 0.6 is 11.3 Å². The molecule has 3 aromatic heterocycles. The summed E-state index contributed by atoms with van der Waals surface area (Å²) in [6.45, 7) is 10.4. The summed E-state index contributed by atoms with van der Waals surface area (Å²) in [6, 6.07) is 21.2. The number of sulfonamides is 1. The van der Waals surface area contributed by atoms with E-state index in [1.165, 1.54) is 23.0 Å². The summed E-state index contributed by atoms with van der Waals surface area (Å²) in [7, 11) is -4.12.